The van der Waals surface area contributed by atoms with Crippen molar-refractivity contribution in [3.8, 4) is 11.5 Å². The molecule has 1 heterocycles. The average molecular weight is 565 g/mol. The Morgan fingerprint density at radius 1 is 0.857 bits per heavy atom. The Bertz CT molecular complexity index is 1720. The van der Waals surface area contributed by atoms with E-state index in [1.165, 1.54) is 18.2 Å². The molecule has 7 nitrogen and oxygen atoms in total. The Labute approximate surface area is 245 Å². The molecule has 3 aromatic carbocycles. The molecule has 0 bridgehead atoms. The Hall–Kier alpha value is -4.52. The third-order valence-corrected chi connectivity index (χ3v) is 7.82. The van der Waals surface area contributed by atoms with Crippen molar-refractivity contribution in [3.05, 3.63) is 94.2 Å². The molecule has 5 rings (SSSR count). The fraction of sp³-hybridized carbons (Fsp3) is 0.314. The molecular weight excluding hydrogens is 528 g/mol. The summed E-state index contributed by atoms with van der Waals surface area (Å²) in [4.78, 5) is 44.1. The summed E-state index contributed by atoms with van der Waals surface area (Å²) in [6.07, 6.45) is 0.691. The number of pyridine rings is 1. The second-order valence-corrected chi connectivity index (χ2v) is 13.1. The maximum absolute atomic E-state index is 13.2. The molecule has 1 amide bonds. The second kappa shape index (κ2) is 10.4. The van der Waals surface area contributed by atoms with Gasteiger partial charge in [-0.3, -0.25) is 14.4 Å². The van der Waals surface area contributed by atoms with Crippen LogP contribution in [0.5, 0.6) is 11.5 Å². The van der Waals surface area contributed by atoms with Crippen LogP contribution in [0.25, 0.3) is 10.9 Å². The lowest BCUT2D eigenvalue weighted by atomic mass is 9.78. The summed E-state index contributed by atoms with van der Waals surface area (Å²) >= 11 is 0. The molecule has 0 radical (unpaired) electrons. The number of hydrogen-bond donors (Lipinski definition) is 3. The third kappa shape index (κ3) is 5.27. The van der Waals surface area contributed by atoms with Crippen LogP contribution in [0.3, 0.4) is 0 Å². The number of aromatic hydroxyl groups is 2. The minimum atomic E-state index is -1.15. The largest absolute Gasteiger partial charge is 0.507 e. The number of aryl methyl sites for hydroxylation is 1. The minimum Gasteiger partial charge on any atom is -0.507 e. The van der Waals surface area contributed by atoms with Crippen LogP contribution in [0, 0.1) is 0 Å². The molecule has 0 saturated heterocycles. The molecule has 216 valence electrons. The molecule has 1 aliphatic rings. The molecule has 0 spiro atoms. The number of carbonyl (C=O) groups is 3. The Morgan fingerprint density at radius 2 is 1.50 bits per heavy atom. The molecule has 0 saturated carbocycles. The monoisotopic (exact) mass is 564 g/mol. The first kappa shape index (κ1) is 29.0. The van der Waals surface area contributed by atoms with E-state index in [2.05, 4.69) is 51.8 Å². The highest BCUT2D eigenvalue weighted by Gasteiger charge is 2.42. The molecule has 3 N–H and O–H groups in total. The SMILES string of the molecule is CC(C)(C)c1cc(CCC(=O)Nc2cccc3ccc(C4C(=O)c5cccc(O)c5C4=O)nc23)cc(C(C)(C)C)c1O. The van der Waals surface area contributed by atoms with Gasteiger partial charge in [0.25, 0.3) is 0 Å². The number of carbonyl (C=O) groups excluding carboxylic acids is 3. The summed E-state index contributed by atoms with van der Waals surface area (Å²) in [6, 6.07) is 17.2. The van der Waals surface area contributed by atoms with Crippen molar-refractivity contribution in [3.63, 3.8) is 0 Å². The fourth-order valence-electron chi connectivity index (χ4n) is 5.57. The lowest BCUT2D eigenvalue weighted by Crippen LogP contribution is -2.18. The molecular formula is C35H36N2O5. The molecule has 42 heavy (non-hydrogen) atoms. The number of hydrogen-bond acceptors (Lipinski definition) is 6. The van der Waals surface area contributed by atoms with Crippen LogP contribution in [0.1, 0.15) is 97.0 Å². The van der Waals surface area contributed by atoms with Crippen molar-refractivity contribution in [1.29, 1.82) is 0 Å². The lowest BCUT2D eigenvalue weighted by Gasteiger charge is -2.28. The van der Waals surface area contributed by atoms with Gasteiger partial charge in [0.1, 0.15) is 17.4 Å². The number of nitrogens with zero attached hydrogens (tertiary/aromatic N) is 1. The average Bonchev–Trinajstić information content (AvgIpc) is 3.17. The van der Waals surface area contributed by atoms with Crippen molar-refractivity contribution < 1.29 is 24.6 Å². The van der Waals surface area contributed by atoms with Gasteiger partial charge in [0, 0.05) is 17.4 Å². The van der Waals surface area contributed by atoms with E-state index in [0.717, 1.165) is 22.1 Å². The van der Waals surface area contributed by atoms with Gasteiger partial charge in [-0.1, -0.05) is 84.0 Å². The Kier molecular flexibility index (Phi) is 7.17. The molecule has 0 fully saturated rings. The number of aromatic nitrogens is 1. The van der Waals surface area contributed by atoms with Crippen molar-refractivity contribution in [2.45, 2.75) is 71.1 Å². The highest BCUT2D eigenvalue weighted by molar-refractivity contribution is 6.30. The second-order valence-electron chi connectivity index (χ2n) is 13.1. The minimum absolute atomic E-state index is 0.0226. The van der Waals surface area contributed by atoms with E-state index in [9.17, 15) is 24.6 Å². The number of benzene rings is 3. The van der Waals surface area contributed by atoms with Crippen molar-refractivity contribution in [1.82, 2.24) is 4.98 Å². The lowest BCUT2D eigenvalue weighted by molar-refractivity contribution is -0.116. The highest BCUT2D eigenvalue weighted by atomic mass is 16.3. The fourth-order valence-corrected chi connectivity index (χ4v) is 5.57. The van der Waals surface area contributed by atoms with E-state index < -0.39 is 17.5 Å². The first-order chi connectivity index (χ1) is 19.7. The van der Waals surface area contributed by atoms with E-state index >= 15 is 0 Å². The van der Waals surface area contributed by atoms with Gasteiger partial charge in [-0.05, 0) is 52.1 Å². The summed E-state index contributed by atoms with van der Waals surface area (Å²) in [6.45, 7) is 12.3. The topological polar surface area (TPSA) is 117 Å². The quantitative estimate of drug-likeness (QED) is 0.225. The number of para-hydroxylation sites is 1. The third-order valence-electron chi connectivity index (χ3n) is 7.82. The van der Waals surface area contributed by atoms with Crippen LogP contribution in [0.4, 0.5) is 5.69 Å². The molecule has 7 heteroatoms. The van der Waals surface area contributed by atoms with E-state index in [1.54, 1.807) is 18.2 Å². The van der Waals surface area contributed by atoms with Gasteiger partial charge in [-0.2, -0.15) is 0 Å². The van der Waals surface area contributed by atoms with Gasteiger partial charge in [-0.15, -0.1) is 0 Å². The maximum Gasteiger partial charge on any atom is 0.224 e. The molecule has 1 unspecified atom stereocenters. The number of phenolic OH excluding ortho intramolecular Hbond substituents is 2. The normalized spacial score (nSPS) is 15.2. The standard InChI is InChI=1S/C35H36N2O5/c1-34(2,3)22-17-19(18-23(32(22)41)35(4,5)6)13-16-27(39)36-25-11-7-9-20-14-15-24(37-30(20)25)29-31(40)21-10-8-12-26(38)28(21)33(29)42/h7-12,14-15,17-18,29,38,41H,13,16H2,1-6H3,(H,36,39). The number of fused-ring (bicyclic) bond motifs is 2. The Balaban J connectivity index is 1.40. The predicted octanol–water partition coefficient (Wildman–Crippen LogP) is 6.98. The van der Waals surface area contributed by atoms with Gasteiger partial charge in [0.05, 0.1) is 22.5 Å². The van der Waals surface area contributed by atoms with Gasteiger partial charge < -0.3 is 15.5 Å². The number of anilines is 1. The summed E-state index contributed by atoms with van der Waals surface area (Å²) in [5, 5.41) is 24.9. The molecule has 0 aliphatic heterocycles. The van der Waals surface area contributed by atoms with Crippen LogP contribution < -0.4 is 5.32 Å². The molecule has 1 aromatic heterocycles. The van der Waals surface area contributed by atoms with Crippen LogP contribution in [-0.2, 0) is 22.0 Å². The predicted molar refractivity (Wildman–Crippen MR) is 164 cm³/mol. The van der Waals surface area contributed by atoms with Crippen LogP contribution in [-0.4, -0.2) is 32.7 Å². The number of Topliss-reactive ketones (excluding diaryl/α,β-unsaturated/α-hetero) is 2. The number of ketones is 2. The zero-order valence-corrected chi connectivity index (χ0v) is 24.8. The molecule has 1 atom stereocenters. The maximum atomic E-state index is 13.2. The molecule has 1 aliphatic carbocycles. The van der Waals surface area contributed by atoms with Crippen molar-refractivity contribution >= 4 is 34.1 Å². The summed E-state index contributed by atoms with van der Waals surface area (Å²) in [5.41, 5.74) is 3.56. The number of rotatable bonds is 5. The summed E-state index contributed by atoms with van der Waals surface area (Å²) in [5.74, 6) is -2.16. The van der Waals surface area contributed by atoms with Crippen molar-refractivity contribution in [2.24, 2.45) is 0 Å². The molecule has 4 aromatic rings. The number of nitrogens with one attached hydrogen (secondary N) is 1. The van der Waals surface area contributed by atoms with Crippen LogP contribution >= 0.6 is 0 Å². The number of phenols is 2. The summed E-state index contributed by atoms with van der Waals surface area (Å²) in [7, 11) is 0. The van der Waals surface area contributed by atoms with Crippen molar-refractivity contribution in [2.75, 3.05) is 5.32 Å². The van der Waals surface area contributed by atoms with Gasteiger partial charge in [0.2, 0.25) is 5.91 Å². The first-order valence-corrected chi connectivity index (χ1v) is 14.1. The van der Waals surface area contributed by atoms with E-state index in [1.807, 2.05) is 24.3 Å². The smallest absolute Gasteiger partial charge is 0.224 e. The summed E-state index contributed by atoms with van der Waals surface area (Å²) < 4.78 is 0. The zero-order valence-electron chi connectivity index (χ0n) is 24.8. The van der Waals surface area contributed by atoms with E-state index in [4.69, 9.17) is 0 Å². The zero-order chi connectivity index (χ0) is 30.6. The van der Waals surface area contributed by atoms with E-state index in [-0.39, 0.29) is 45.7 Å². The highest BCUT2D eigenvalue weighted by Crippen LogP contribution is 2.41. The first-order valence-electron chi connectivity index (χ1n) is 14.1. The van der Waals surface area contributed by atoms with E-state index in [0.29, 0.717) is 23.4 Å². The van der Waals surface area contributed by atoms with Gasteiger partial charge >= 0.3 is 0 Å². The Morgan fingerprint density at radius 3 is 2.12 bits per heavy atom. The van der Waals surface area contributed by atoms with Crippen LogP contribution in [0.15, 0.2) is 60.7 Å². The van der Waals surface area contributed by atoms with Crippen LogP contribution in [0.2, 0.25) is 0 Å². The van der Waals surface area contributed by atoms with Gasteiger partial charge in [-0.25, -0.2) is 4.98 Å². The van der Waals surface area contributed by atoms with Gasteiger partial charge in [0.15, 0.2) is 11.6 Å². The number of amides is 1.